The van der Waals surface area contributed by atoms with Crippen molar-refractivity contribution in [2.24, 2.45) is 0 Å². The van der Waals surface area contributed by atoms with Crippen LogP contribution in [-0.4, -0.2) is 49.3 Å². The lowest BCUT2D eigenvalue weighted by Crippen LogP contribution is -2.21. The Labute approximate surface area is 131 Å². The molecule has 2 rings (SSSR count). The van der Waals surface area contributed by atoms with Gasteiger partial charge in [0, 0.05) is 6.54 Å². The number of hydrogen-bond acceptors (Lipinski definition) is 4. The van der Waals surface area contributed by atoms with Gasteiger partial charge < -0.3 is 19.5 Å². The SMILES string of the molecule is COc1cc(C(=O)O)ccc1OCCCN1CCCC1.Cl. The van der Waals surface area contributed by atoms with E-state index in [0.717, 1.165) is 13.0 Å². The fraction of sp³-hybridized carbons (Fsp3) is 0.533. The topological polar surface area (TPSA) is 59.0 Å². The van der Waals surface area contributed by atoms with E-state index >= 15 is 0 Å². The Bertz CT molecular complexity index is 461. The van der Waals surface area contributed by atoms with E-state index in [4.69, 9.17) is 14.6 Å². The van der Waals surface area contributed by atoms with Crippen LogP contribution in [-0.2, 0) is 0 Å². The Morgan fingerprint density at radius 1 is 1.29 bits per heavy atom. The second-order valence-corrected chi connectivity index (χ2v) is 4.92. The maximum absolute atomic E-state index is 10.9. The van der Waals surface area contributed by atoms with Gasteiger partial charge in [0.25, 0.3) is 0 Å². The van der Waals surface area contributed by atoms with Gasteiger partial charge in [-0.05, 0) is 50.6 Å². The van der Waals surface area contributed by atoms with Gasteiger partial charge in [-0.2, -0.15) is 0 Å². The van der Waals surface area contributed by atoms with Crippen LogP contribution in [0.15, 0.2) is 18.2 Å². The molecule has 0 spiro atoms. The number of likely N-dealkylation sites (tertiary alicyclic amines) is 1. The third kappa shape index (κ3) is 5.10. The second-order valence-electron chi connectivity index (χ2n) is 4.92. The molecule has 1 aliphatic rings. The summed E-state index contributed by atoms with van der Waals surface area (Å²) in [6.45, 7) is 4.04. The summed E-state index contributed by atoms with van der Waals surface area (Å²) >= 11 is 0. The summed E-state index contributed by atoms with van der Waals surface area (Å²) in [6, 6.07) is 4.66. The average molecular weight is 316 g/mol. The maximum Gasteiger partial charge on any atom is 0.335 e. The first-order chi connectivity index (χ1) is 9.70. The molecule has 0 atom stereocenters. The highest BCUT2D eigenvalue weighted by Gasteiger charge is 2.12. The van der Waals surface area contributed by atoms with E-state index in [9.17, 15) is 4.79 Å². The fourth-order valence-corrected chi connectivity index (χ4v) is 2.40. The zero-order valence-corrected chi connectivity index (χ0v) is 13.0. The van der Waals surface area contributed by atoms with Crippen LogP contribution in [0.1, 0.15) is 29.6 Å². The number of benzene rings is 1. The van der Waals surface area contributed by atoms with Gasteiger partial charge in [-0.15, -0.1) is 12.4 Å². The van der Waals surface area contributed by atoms with Crippen molar-refractivity contribution in [1.82, 2.24) is 4.90 Å². The van der Waals surface area contributed by atoms with Crippen LogP contribution >= 0.6 is 12.4 Å². The number of carboxylic acids is 1. The van der Waals surface area contributed by atoms with E-state index in [1.54, 1.807) is 6.07 Å². The number of halogens is 1. The largest absolute Gasteiger partial charge is 0.493 e. The smallest absolute Gasteiger partial charge is 0.335 e. The summed E-state index contributed by atoms with van der Waals surface area (Å²) < 4.78 is 10.8. The Morgan fingerprint density at radius 2 is 2.00 bits per heavy atom. The molecule has 1 saturated heterocycles. The molecule has 1 heterocycles. The van der Waals surface area contributed by atoms with Gasteiger partial charge >= 0.3 is 5.97 Å². The van der Waals surface area contributed by atoms with Gasteiger partial charge in [0.1, 0.15) is 0 Å². The van der Waals surface area contributed by atoms with Crippen molar-refractivity contribution in [2.45, 2.75) is 19.3 Å². The molecular formula is C15H22ClNO4. The van der Waals surface area contributed by atoms with Crippen LogP contribution in [0.25, 0.3) is 0 Å². The minimum Gasteiger partial charge on any atom is -0.493 e. The lowest BCUT2D eigenvalue weighted by atomic mass is 10.2. The van der Waals surface area contributed by atoms with E-state index in [1.165, 1.54) is 45.2 Å². The molecule has 0 aromatic heterocycles. The molecule has 0 aliphatic carbocycles. The molecule has 5 nitrogen and oxygen atoms in total. The monoisotopic (exact) mass is 315 g/mol. The fourth-order valence-electron chi connectivity index (χ4n) is 2.40. The molecule has 6 heteroatoms. The minimum absolute atomic E-state index is 0. The van der Waals surface area contributed by atoms with Crippen molar-refractivity contribution >= 4 is 18.4 Å². The van der Waals surface area contributed by atoms with Gasteiger partial charge in [0.2, 0.25) is 0 Å². The Hall–Kier alpha value is -1.46. The maximum atomic E-state index is 10.9. The molecule has 0 bridgehead atoms. The molecule has 0 amide bonds. The van der Waals surface area contributed by atoms with Gasteiger partial charge in [0.05, 0.1) is 19.3 Å². The molecule has 1 N–H and O–H groups in total. The van der Waals surface area contributed by atoms with E-state index in [2.05, 4.69) is 4.90 Å². The third-order valence-electron chi connectivity index (χ3n) is 3.49. The summed E-state index contributed by atoms with van der Waals surface area (Å²) in [5, 5.41) is 8.93. The van der Waals surface area contributed by atoms with Crippen molar-refractivity contribution < 1.29 is 19.4 Å². The van der Waals surface area contributed by atoms with Crippen LogP contribution in [0.2, 0.25) is 0 Å². The van der Waals surface area contributed by atoms with Crippen LogP contribution < -0.4 is 9.47 Å². The third-order valence-corrected chi connectivity index (χ3v) is 3.49. The molecule has 21 heavy (non-hydrogen) atoms. The Kier molecular flexibility index (Phi) is 7.32. The molecule has 1 aromatic rings. The quantitative estimate of drug-likeness (QED) is 0.784. The highest BCUT2D eigenvalue weighted by atomic mass is 35.5. The molecule has 1 fully saturated rings. The molecule has 0 unspecified atom stereocenters. The number of aromatic carboxylic acids is 1. The van der Waals surface area contributed by atoms with E-state index in [-0.39, 0.29) is 18.0 Å². The highest BCUT2D eigenvalue weighted by Crippen LogP contribution is 2.28. The molecule has 1 aliphatic heterocycles. The summed E-state index contributed by atoms with van der Waals surface area (Å²) in [5.74, 6) is 0.0916. The minimum atomic E-state index is -0.969. The molecule has 0 radical (unpaired) electrons. The first kappa shape index (κ1) is 17.6. The Morgan fingerprint density at radius 3 is 2.62 bits per heavy atom. The number of carbonyl (C=O) groups is 1. The van der Waals surface area contributed by atoms with Crippen LogP contribution in [0, 0.1) is 0 Å². The number of rotatable bonds is 7. The number of ether oxygens (including phenoxy) is 2. The molecule has 0 saturated carbocycles. The predicted octanol–water partition coefficient (Wildman–Crippen LogP) is 2.68. The number of hydrogen-bond donors (Lipinski definition) is 1. The van der Waals surface area contributed by atoms with Crippen LogP contribution in [0.3, 0.4) is 0 Å². The predicted molar refractivity (Wildman–Crippen MR) is 83.0 cm³/mol. The second kappa shape index (κ2) is 8.74. The molecule has 1 aromatic carbocycles. The summed E-state index contributed by atoms with van der Waals surface area (Å²) in [6.07, 6.45) is 3.56. The standard InChI is InChI=1S/C15H21NO4.ClH/c1-19-14-11-12(15(17)18)5-6-13(14)20-10-4-9-16-7-2-3-8-16;/h5-6,11H,2-4,7-10H2,1H3,(H,17,18);1H. The summed E-state index contributed by atoms with van der Waals surface area (Å²) in [4.78, 5) is 13.3. The summed E-state index contributed by atoms with van der Waals surface area (Å²) in [7, 11) is 1.51. The first-order valence-corrected chi connectivity index (χ1v) is 6.97. The van der Waals surface area contributed by atoms with Crippen molar-refractivity contribution in [3.63, 3.8) is 0 Å². The zero-order valence-electron chi connectivity index (χ0n) is 12.2. The van der Waals surface area contributed by atoms with Gasteiger partial charge in [-0.25, -0.2) is 4.79 Å². The Balaban J connectivity index is 0.00000220. The van der Waals surface area contributed by atoms with Gasteiger partial charge in [-0.3, -0.25) is 0 Å². The lowest BCUT2D eigenvalue weighted by molar-refractivity contribution is 0.0696. The average Bonchev–Trinajstić information content (AvgIpc) is 2.96. The zero-order chi connectivity index (χ0) is 14.4. The van der Waals surface area contributed by atoms with Crippen molar-refractivity contribution in [2.75, 3.05) is 33.4 Å². The van der Waals surface area contributed by atoms with Crippen molar-refractivity contribution in [1.29, 1.82) is 0 Å². The summed E-state index contributed by atoms with van der Waals surface area (Å²) in [5.41, 5.74) is 0.200. The van der Waals surface area contributed by atoms with Crippen molar-refractivity contribution in [3.05, 3.63) is 23.8 Å². The number of carboxylic acid groups (broad SMARTS) is 1. The molecule has 118 valence electrons. The van der Waals surface area contributed by atoms with Crippen LogP contribution in [0.5, 0.6) is 11.5 Å². The molecular weight excluding hydrogens is 294 g/mol. The number of nitrogens with zero attached hydrogens (tertiary/aromatic N) is 1. The number of methoxy groups -OCH3 is 1. The van der Waals surface area contributed by atoms with Crippen molar-refractivity contribution in [3.8, 4) is 11.5 Å². The van der Waals surface area contributed by atoms with E-state index in [1.807, 2.05) is 0 Å². The van der Waals surface area contributed by atoms with Crippen LogP contribution in [0.4, 0.5) is 0 Å². The lowest BCUT2D eigenvalue weighted by Gasteiger charge is -2.15. The first-order valence-electron chi connectivity index (χ1n) is 6.97. The van der Waals surface area contributed by atoms with E-state index < -0.39 is 5.97 Å². The normalized spacial score (nSPS) is 14.5. The van der Waals surface area contributed by atoms with Gasteiger partial charge in [0.15, 0.2) is 11.5 Å². The highest BCUT2D eigenvalue weighted by molar-refractivity contribution is 5.88. The van der Waals surface area contributed by atoms with Gasteiger partial charge in [-0.1, -0.05) is 0 Å². The van der Waals surface area contributed by atoms with E-state index in [0.29, 0.717) is 18.1 Å².